The van der Waals surface area contributed by atoms with Crippen LogP contribution in [0.5, 0.6) is 0 Å². The zero-order valence-electron chi connectivity index (χ0n) is 5.29. The van der Waals surface area contributed by atoms with E-state index < -0.39 is 13.6 Å². The summed E-state index contributed by atoms with van der Waals surface area (Å²) in [5, 5.41) is 0. The van der Waals surface area contributed by atoms with Gasteiger partial charge in [-0.1, -0.05) is 0 Å². The lowest BCUT2D eigenvalue weighted by Crippen LogP contribution is -1.99. The van der Waals surface area contributed by atoms with Gasteiger partial charge in [-0.3, -0.25) is 4.57 Å². The third-order valence-electron chi connectivity index (χ3n) is 0.715. The molecular formula is C2H6Cl3NO2P2. The van der Waals surface area contributed by atoms with Crippen molar-refractivity contribution in [1.29, 1.82) is 0 Å². The van der Waals surface area contributed by atoms with Gasteiger partial charge in [0.25, 0.3) is 0 Å². The van der Waals surface area contributed by atoms with E-state index in [9.17, 15) is 4.57 Å². The predicted molar refractivity (Wildman–Crippen MR) is 46.9 cm³/mol. The second-order valence-electron chi connectivity index (χ2n) is 1.33. The van der Waals surface area contributed by atoms with Crippen LogP contribution in [0.25, 0.3) is 0 Å². The highest BCUT2D eigenvalue weighted by Crippen LogP contribution is 2.69. The predicted octanol–water partition coefficient (Wildman–Crippen LogP) is 3.62. The van der Waals surface area contributed by atoms with Gasteiger partial charge in [0.15, 0.2) is 0 Å². The Morgan fingerprint density at radius 1 is 1.60 bits per heavy atom. The van der Waals surface area contributed by atoms with Crippen molar-refractivity contribution < 1.29 is 9.09 Å². The maximum atomic E-state index is 10.8. The molecule has 0 radical (unpaired) electrons. The molecule has 0 N–H and O–H groups in total. The lowest BCUT2D eigenvalue weighted by molar-refractivity contribution is 0.447. The van der Waals surface area contributed by atoms with Gasteiger partial charge in [0.1, 0.15) is 0 Å². The molecule has 1 unspecified atom stereocenters. The summed E-state index contributed by atoms with van der Waals surface area (Å²) in [7, 11) is 1.37. The van der Waals surface area contributed by atoms with Gasteiger partial charge < -0.3 is 4.52 Å². The van der Waals surface area contributed by atoms with E-state index in [-0.39, 0.29) is 0 Å². The molecule has 0 aromatic rings. The average Bonchev–Trinajstić information content (AvgIpc) is 1.83. The van der Waals surface area contributed by atoms with Gasteiger partial charge in [0, 0.05) is 14.2 Å². The molecule has 0 amide bonds. The standard InChI is InChI=1S/C2H6Cl3NO2P2/c1-6(9(3)8-2)10(4,5)7/h1-2H3. The van der Waals surface area contributed by atoms with Crippen molar-refractivity contribution >= 4 is 47.4 Å². The van der Waals surface area contributed by atoms with E-state index in [4.69, 9.17) is 33.7 Å². The first-order valence-electron chi connectivity index (χ1n) is 2.13. The Hall–Kier alpha value is 1.45. The number of hydrogen-bond acceptors (Lipinski definition) is 2. The molecule has 0 saturated carbocycles. The first-order chi connectivity index (χ1) is 4.39. The maximum Gasteiger partial charge on any atom is 0.327 e. The molecule has 0 aromatic heterocycles. The molecule has 62 valence electrons. The second-order valence-corrected chi connectivity index (χ2v) is 8.67. The molecule has 0 aromatic carbocycles. The number of nitrogens with zero attached hydrogens (tertiary/aromatic N) is 1. The number of halogens is 3. The summed E-state index contributed by atoms with van der Waals surface area (Å²) in [6, 6.07) is 0. The second kappa shape index (κ2) is 4.47. The molecule has 0 saturated heterocycles. The molecule has 1 atom stereocenters. The van der Waals surface area contributed by atoms with Gasteiger partial charge in [0.2, 0.25) is 7.65 Å². The first kappa shape index (κ1) is 11.4. The average molecular weight is 244 g/mol. The van der Waals surface area contributed by atoms with Gasteiger partial charge >= 0.3 is 6.00 Å². The molecule has 0 heterocycles. The summed E-state index contributed by atoms with van der Waals surface area (Å²) in [6.45, 7) is 0. The summed E-state index contributed by atoms with van der Waals surface area (Å²) in [5.41, 5.74) is 0. The molecule has 0 fully saturated rings. The SMILES string of the molecule is COP(Cl)N(C)P(=O)(Cl)Cl. The monoisotopic (exact) mass is 243 g/mol. The summed E-state index contributed by atoms with van der Waals surface area (Å²) in [5.74, 6) is -3.28. The molecule has 0 rings (SSSR count). The zero-order valence-corrected chi connectivity index (χ0v) is 9.35. The third-order valence-corrected chi connectivity index (χ3v) is 6.79. The van der Waals surface area contributed by atoms with Crippen molar-refractivity contribution in [3.63, 3.8) is 0 Å². The summed E-state index contributed by atoms with van der Waals surface area (Å²) < 4.78 is 16.6. The molecule has 0 aliphatic rings. The van der Waals surface area contributed by atoms with Crippen molar-refractivity contribution in [2.24, 2.45) is 0 Å². The van der Waals surface area contributed by atoms with Crippen LogP contribution >= 0.6 is 47.4 Å². The lowest BCUT2D eigenvalue weighted by atomic mass is 11.6. The molecule has 0 aliphatic heterocycles. The fraction of sp³-hybridized carbons (Fsp3) is 1.00. The largest absolute Gasteiger partial charge is 0.335 e. The summed E-state index contributed by atoms with van der Waals surface area (Å²) in [6.07, 6.45) is 0. The van der Waals surface area contributed by atoms with Crippen LogP contribution in [-0.4, -0.2) is 18.6 Å². The van der Waals surface area contributed by atoms with Gasteiger partial charge in [0.05, 0.1) is 0 Å². The highest BCUT2D eigenvalue weighted by atomic mass is 35.9. The van der Waals surface area contributed by atoms with E-state index >= 15 is 0 Å². The fourth-order valence-corrected chi connectivity index (χ4v) is 3.90. The Morgan fingerprint density at radius 3 is 2.10 bits per heavy atom. The minimum Gasteiger partial charge on any atom is -0.335 e. The molecule has 3 nitrogen and oxygen atoms in total. The van der Waals surface area contributed by atoms with Gasteiger partial charge in [-0.2, -0.15) is 4.44 Å². The topological polar surface area (TPSA) is 29.5 Å². The van der Waals surface area contributed by atoms with E-state index in [0.29, 0.717) is 0 Å². The molecule has 8 heteroatoms. The third kappa shape index (κ3) is 3.73. The van der Waals surface area contributed by atoms with Crippen LogP contribution in [0.15, 0.2) is 0 Å². The van der Waals surface area contributed by atoms with Crippen LogP contribution in [0.2, 0.25) is 0 Å². The van der Waals surface area contributed by atoms with Crippen molar-refractivity contribution in [1.82, 2.24) is 4.44 Å². The Labute approximate surface area is 75.3 Å². The Bertz CT molecular complexity index is 149. The van der Waals surface area contributed by atoms with E-state index in [0.717, 1.165) is 4.44 Å². The van der Waals surface area contributed by atoms with Crippen LogP contribution < -0.4 is 0 Å². The van der Waals surface area contributed by atoms with Crippen molar-refractivity contribution in [3.8, 4) is 0 Å². The number of rotatable bonds is 3. The minimum absolute atomic E-state index is 1.10. The highest BCUT2D eigenvalue weighted by molar-refractivity contribution is 8.11. The fourth-order valence-electron chi connectivity index (χ4n) is 0.200. The molecule has 0 bridgehead atoms. The quantitative estimate of drug-likeness (QED) is 0.710. The van der Waals surface area contributed by atoms with Crippen molar-refractivity contribution in [3.05, 3.63) is 0 Å². The highest BCUT2D eigenvalue weighted by Gasteiger charge is 2.28. The first-order valence-corrected chi connectivity index (χ1v) is 7.71. The van der Waals surface area contributed by atoms with Crippen LogP contribution in [0.4, 0.5) is 0 Å². The van der Waals surface area contributed by atoms with Crippen molar-refractivity contribution in [2.45, 2.75) is 0 Å². The molecule has 0 spiro atoms. The van der Waals surface area contributed by atoms with Crippen LogP contribution in [0, 0.1) is 0 Å². The van der Waals surface area contributed by atoms with Crippen LogP contribution in [0.1, 0.15) is 0 Å². The van der Waals surface area contributed by atoms with Gasteiger partial charge in [-0.15, -0.1) is 0 Å². The number of hydrogen-bond donors (Lipinski definition) is 0. The Morgan fingerprint density at radius 2 is 2.00 bits per heavy atom. The molecule has 0 aliphatic carbocycles. The van der Waals surface area contributed by atoms with E-state index in [1.165, 1.54) is 14.2 Å². The van der Waals surface area contributed by atoms with Crippen molar-refractivity contribution in [2.75, 3.05) is 14.2 Å². The Kier molecular flexibility index (Phi) is 5.12. The summed E-state index contributed by atoms with van der Waals surface area (Å²) in [4.78, 5) is 0. The smallest absolute Gasteiger partial charge is 0.327 e. The Balaban J connectivity index is 4.08. The molecule has 10 heavy (non-hydrogen) atoms. The normalized spacial score (nSPS) is 15.8. The van der Waals surface area contributed by atoms with E-state index in [2.05, 4.69) is 4.52 Å². The van der Waals surface area contributed by atoms with E-state index in [1.807, 2.05) is 0 Å². The maximum absolute atomic E-state index is 10.8. The van der Waals surface area contributed by atoms with Gasteiger partial charge in [-0.05, 0) is 33.7 Å². The lowest BCUT2D eigenvalue weighted by Gasteiger charge is -2.19. The summed E-state index contributed by atoms with van der Waals surface area (Å²) >= 11 is 16.0. The molecular weight excluding hydrogens is 238 g/mol. The van der Waals surface area contributed by atoms with E-state index in [1.54, 1.807) is 0 Å². The minimum atomic E-state index is -3.28. The van der Waals surface area contributed by atoms with Crippen LogP contribution in [-0.2, 0) is 9.09 Å². The zero-order chi connectivity index (χ0) is 8.36. The van der Waals surface area contributed by atoms with Gasteiger partial charge in [-0.25, -0.2) is 0 Å². The van der Waals surface area contributed by atoms with Crippen LogP contribution in [0.3, 0.4) is 0 Å².